The van der Waals surface area contributed by atoms with Gasteiger partial charge < -0.3 is 39.4 Å². The zero-order valence-electron chi connectivity index (χ0n) is 43.6. The fourth-order valence-corrected chi connectivity index (χ4v) is 8.28. The molecule has 0 spiro atoms. The van der Waals surface area contributed by atoms with Gasteiger partial charge in [-0.3, -0.25) is 4.79 Å². The van der Waals surface area contributed by atoms with Crippen LogP contribution in [0.3, 0.4) is 0 Å². The van der Waals surface area contributed by atoms with E-state index in [4.69, 9.17) is 18.9 Å². The molecular formula is C59H104O9. The Kier molecular flexibility index (Phi) is 46.4. The lowest BCUT2D eigenvalue weighted by molar-refractivity contribution is -0.305. The van der Waals surface area contributed by atoms with Gasteiger partial charge in [0, 0.05) is 13.0 Å². The molecule has 1 aliphatic rings. The maximum absolute atomic E-state index is 12.9. The van der Waals surface area contributed by atoms with Crippen molar-refractivity contribution in [2.45, 2.75) is 269 Å². The van der Waals surface area contributed by atoms with E-state index in [1.54, 1.807) is 0 Å². The van der Waals surface area contributed by atoms with Crippen LogP contribution in [0.4, 0.5) is 0 Å². The Hall–Kier alpha value is -2.37. The Morgan fingerprint density at radius 2 is 0.897 bits per heavy atom. The largest absolute Gasteiger partial charge is 0.457 e. The predicted molar refractivity (Wildman–Crippen MR) is 284 cm³/mol. The molecule has 6 atom stereocenters. The minimum atomic E-state index is -1.54. The molecule has 0 bridgehead atoms. The molecule has 6 unspecified atom stereocenters. The molecule has 0 amide bonds. The highest BCUT2D eigenvalue weighted by atomic mass is 16.7. The van der Waals surface area contributed by atoms with Crippen LogP contribution in [0.5, 0.6) is 0 Å². The molecule has 0 aromatic carbocycles. The number of rotatable bonds is 48. The summed E-state index contributed by atoms with van der Waals surface area (Å²) in [6.07, 6.45) is 59.4. The Labute approximate surface area is 417 Å². The first-order chi connectivity index (χ1) is 33.4. The van der Waals surface area contributed by atoms with E-state index < -0.39 is 43.4 Å². The third-order valence-electron chi connectivity index (χ3n) is 12.6. The fourth-order valence-electron chi connectivity index (χ4n) is 8.28. The van der Waals surface area contributed by atoms with Crippen LogP contribution < -0.4 is 0 Å². The first kappa shape index (κ1) is 63.6. The molecule has 1 aliphatic heterocycles. The minimum absolute atomic E-state index is 0.118. The Morgan fingerprint density at radius 1 is 0.485 bits per heavy atom. The number of hydrogen-bond acceptors (Lipinski definition) is 9. The van der Waals surface area contributed by atoms with Crippen molar-refractivity contribution >= 4 is 5.97 Å². The number of aliphatic hydroxyl groups excluding tert-OH is 4. The van der Waals surface area contributed by atoms with Gasteiger partial charge in [0.2, 0.25) is 0 Å². The van der Waals surface area contributed by atoms with Crippen LogP contribution in [0.25, 0.3) is 0 Å². The highest BCUT2D eigenvalue weighted by Gasteiger charge is 2.44. The molecular weight excluding hydrogens is 853 g/mol. The van der Waals surface area contributed by atoms with Gasteiger partial charge in [-0.05, 0) is 83.5 Å². The van der Waals surface area contributed by atoms with Crippen molar-refractivity contribution in [1.82, 2.24) is 0 Å². The van der Waals surface area contributed by atoms with E-state index in [9.17, 15) is 25.2 Å². The smallest absolute Gasteiger partial charge is 0.306 e. The zero-order chi connectivity index (χ0) is 49.2. The number of carbonyl (C=O) groups excluding carboxylic acids is 1. The van der Waals surface area contributed by atoms with Gasteiger partial charge in [0.15, 0.2) is 6.29 Å². The maximum Gasteiger partial charge on any atom is 0.306 e. The molecule has 68 heavy (non-hydrogen) atoms. The summed E-state index contributed by atoms with van der Waals surface area (Å²) in [4.78, 5) is 12.9. The minimum Gasteiger partial charge on any atom is -0.457 e. The average Bonchev–Trinajstić information content (AvgIpc) is 3.34. The van der Waals surface area contributed by atoms with Crippen LogP contribution in [0.2, 0.25) is 0 Å². The van der Waals surface area contributed by atoms with Crippen LogP contribution in [-0.2, 0) is 23.7 Å². The monoisotopic (exact) mass is 957 g/mol. The summed E-state index contributed by atoms with van der Waals surface area (Å²) in [7, 11) is 0. The predicted octanol–water partition coefficient (Wildman–Crippen LogP) is 14.4. The summed E-state index contributed by atoms with van der Waals surface area (Å²) >= 11 is 0. The number of allylic oxidation sites excluding steroid dienone is 12. The summed E-state index contributed by atoms with van der Waals surface area (Å²) < 4.78 is 23.0. The summed E-state index contributed by atoms with van der Waals surface area (Å²) in [6.45, 7) is 4.44. The molecule has 1 heterocycles. The summed E-state index contributed by atoms with van der Waals surface area (Å²) in [6, 6.07) is 0. The molecule has 0 aliphatic carbocycles. The van der Waals surface area contributed by atoms with Crippen molar-refractivity contribution in [1.29, 1.82) is 0 Å². The highest BCUT2D eigenvalue weighted by molar-refractivity contribution is 5.69. The third-order valence-corrected chi connectivity index (χ3v) is 12.6. The molecule has 0 saturated carbocycles. The second-order valence-corrected chi connectivity index (χ2v) is 19.0. The van der Waals surface area contributed by atoms with Crippen LogP contribution in [0, 0.1) is 0 Å². The lowest BCUT2D eigenvalue weighted by atomic mass is 9.99. The van der Waals surface area contributed by atoms with Crippen molar-refractivity contribution in [2.75, 3.05) is 26.4 Å². The van der Waals surface area contributed by atoms with E-state index in [0.717, 1.165) is 64.2 Å². The molecule has 0 aromatic rings. The first-order valence-corrected chi connectivity index (χ1v) is 28.0. The van der Waals surface area contributed by atoms with E-state index in [0.29, 0.717) is 13.0 Å². The van der Waals surface area contributed by atoms with Gasteiger partial charge in [-0.2, -0.15) is 0 Å². The van der Waals surface area contributed by atoms with Gasteiger partial charge in [-0.15, -0.1) is 0 Å². The van der Waals surface area contributed by atoms with Gasteiger partial charge in [0.1, 0.15) is 30.5 Å². The molecule has 0 aromatic heterocycles. The van der Waals surface area contributed by atoms with Gasteiger partial charge in [-0.25, -0.2) is 0 Å². The van der Waals surface area contributed by atoms with Crippen LogP contribution in [-0.4, -0.2) is 89.6 Å². The number of ether oxygens (including phenoxy) is 4. The van der Waals surface area contributed by atoms with Gasteiger partial charge in [0.05, 0.1) is 19.8 Å². The Balaban J connectivity index is 2.18. The number of esters is 1. The Morgan fingerprint density at radius 3 is 1.35 bits per heavy atom. The van der Waals surface area contributed by atoms with E-state index in [-0.39, 0.29) is 19.2 Å². The Bertz CT molecular complexity index is 1270. The highest BCUT2D eigenvalue weighted by Crippen LogP contribution is 2.23. The van der Waals surface area contributed by atoms with Gasteiger partial charge in [-0.1, -0.05) is 215 Å². The second kappa shape index (κ2) is 49.6. The maximum atomic E-state index is 12.9. The molecule has 0 radical (unpaired) electrons. The average molecular weight is 957 g/mol. The fraction of sp³-hybridized carbons (Fsp3) is 0.780. The van der Waals surface area contributed by atoms with Gasteiger partial charge >= 0.3 is 5.97 Å². The van der Waals surface area contributed by atoms with E-state index in [1.165, 1.54) is 148 Å². The van der Waals surface area contributed by atoms with Crippen molar-refractivity contribution in [3.05, 3.63) is 72.9 Å². The summed E-state index contributed by atoms with van der Waals surface area (Å²) in [5, 5.41) is 40.3. The number of aliphatic hydroxyl groups is 4. The molecule has 4 N–H and O–H groups in total. The van der Waals surface area contributed by atoms with Crippen LogP contribution in [0.15, 0.2) is 72.9 Å². The van der Waals surface area contributed by atoms with E-state index in [2.05, 4.69) is 86.8 Å². The normalized spacial score (nSPS) is 19.6. The second-order valence-electron chi connectivity index (χ2n) is 19.0. The van der Waals surface area contributed by atoms with Crippen molar-refractivity contribution < 1.29 is 44.2 Å². The molecule has 1 fully saturated rings. The van der Waals surface area contributed by atoms with Crippen molar-refractivity contribution in [2.24, 2.45) is 0 Å². The van der Waals surface area contributed by atoms with E-state index in [1.807, 2.05) is 0 Å². The summed E-state index contributed by atoms with van der Waals surface area (Å²) in [5.41, 5.74) is 0. The lowest BCUT2D eigenvalue weighted by Gasteiger charge is -2.39. The SMILES string of the molecule is CC/C=C\C/C=C\C/C=C\C/C=C\CCCCCCCCCCCCCOCC(COC1OC(CO)C(O)C(O)C1O)OC(=O)CCCCCCCCCCC/C=C\C/C=C\CCCCCCC. The number of unbranched alkanes of at least 4 members (excludes halogenated alkanes) is 25. The van der Waals surface area contributed by atoms with Crippen LogP contribution in [0.1, 0.15) is 232 Å². The number of carbonyl (C=O) groups is 1. The van der Waals surface area contributed by atoms with Crippen molar-refractivity contribution in [3.8, 4) is 0 Å². The number of hydrogen-bond donors (Lipinski definition) is 4. The molecule has 1 saturated heterocycles. The third kappa shape index (κ3) is 39.4. The van der Waals surface area contributed by atoms with Gasteiger partial charge in [0.25, 0.3) is 0 Å². The molecule has 9 nitrogen and oxygen atoms in total. The summed E-state index contributed by atoms with van der Waals surface area (Å²) in [5.74, 6) is -0.319. The topological polar surface area (TPSA) is 135 Å². The zero-order valence-corrected chi connectivity index (χ0v) is 43.6. The van der Waals surface area contributed by atoms with Crippen molar-refractivity contribution in [3.63, 3.8) is 0 Å². The first-order valence-electron chi connectivity index (χ1n) is 28.0. The quantitative estimate of drug-likeness (QED) is 0.0267. The molecule has 1 rings (SSSR count). The van der Waals surface area contributed by atoms with E-state index >= 15 is 0 Å². The van der Waals surface area contributed by atoms with Crippen LogP contribution >= 0.6 is 0 Å². The standard InChI is InChI=1S/C59H104O9/c1-3-5-7-9-11-13-15-17-19-21-23-25-26-27-29-31-33-35-37-39-41-43-45-47-49-65-51-53(52-66-59-58(64)57(63)56(62)54(50-60)68-59)67-55(61)48-46-44-42-40-38-36-34-32-30-28-24-22-20-18-16-14-12-10-8-6-4-2/h5,7,11,13,16-19,22-25,53-54,56-60,62-64H,3-4,6,8-10,12,14-15,20-21,26-52H2,1-2H3/b7-5-,13-11-,18-16-,19-17-,24-22-,25-23-. The lowest BCUT2D eigenvalue weighted by Crippen LogP contribution is -2.59. The molecule has 394 valence electrons. The molecule has 9 heteroatoms.